The molecule has 0 saturated heterocycles. The van der Waals surface area contributed by atoms with Crippen molar-refractivity contribution in [1.82, 2.24) is 5.32 Å². The van der Waals surface area contributed by atoms with E-state index in [1.807, 2.05) is 36.4 Å². The zero-order valence-corrected chi connectivity index (χ0v) is 13.3. The molecule has 0 saturated carbocycles. The molecule has 2 aromatic carbocycles. The Morgan fingerprint density at radius 2 is 1.81 bits per heavy atom. The average Bonchev–Trinajstić information content (AvgIpc) is 2.47. The van der Waals surface area contributed by atoms with E-state index in [1.165, 1.54) is 5.56 Å². The number of hydrogen-bond donors (Lipinski definition) is 1. The van der Waals surface area contributed by atoms with E-state index in [0.717, 1.165) is 24.3 Å². The molecule has 1 aliphatic rings. The third-order valence-electron chi connectivity index (χ3n) is 3.79. The van der Waals surface area contributed by atoms with Crippen molar-refractivity contribution in [1.29, 1.82) is 0 Å². The van der Waals surface area contributed by atoms with Crippen LogP contribution in [0.3, 0.4) is 0 Å². The molecule has 0 aliphatic carbocycles. The second-order valence-corrected chi connectivity index (χ2v) is 5.94. The Morgan fingerprint density at radius 3 is 2.52 bits per heavy atom. The zero-order chi connectivity index (χ0) is 14.8. The maximum absolute atomic E-state index is 6.33. The number of halogens is 2. The van der Waals surface area contributed by atoms with Gasteiger partial charge in [-0.25, -0.2) is 0 Å². The second-order valence-electron chi connectivity index (χ2n) is 5.13. The summed E-state index contributed by atoms with van der Waals surface area (Å²) in [5, 5.41) is 4.82. The Balaban J connectivity index is 2.00. The molecule has 110 valence electrons. The van der Waals surface area contributed by atoms with Crippen molar-refractivity contribution < 1.29 is 4.74 Å². The summed E-state index contributed by atoms with van der Waals surface area (Å²) < 4.78 is 6.15. The highest BCUT2D eigenvalue weighted by Gasteiger charge is 2.30. The van der Waals surface area contributed by atoms with Crippen molar-refractivity contribution >= 4 is 23.2 Å². The first-order valence-corrected chi connectivity index (χ1v) is 7.89. The fourth-order valence-corrected chi connectivity index (χ4v) is 3.49. The lowest BCUT2D eigenvalue weighted by molar-refractivity contribution is 0.152. The molecule has 1 aliphatic heterocycles. The predicted molar refractivity (Wildman–Crippen MR) is 87.3 cm³/mol. The zero-order valence-electron chi connectivity index (χ0n) is 11.8. The lowest BCUT2D eigenvalue weighted by Crippen LogP contribution is -2.29. The van der Waals surface area contributed by atoms with Gasteiger partial charge >= 0.3 is 0 Å². The predicted octanol–water partition coefficient (Wildman–Crippen LogP) is 5.17. The Labute approximate surface area is 135 Å². The molecular formula is C17H17Cl2NO. The number of para-hydroxylation sites is 1. The van der Waals surface area contributed by atoms with Crippen LogP contribution in [0.1, 0.15) is 36.6 Å². The molecule has 3 rings (SSSR count). The highest BCUT2D eigenvalue weighted by molar-refractivity contribution is 6.36. The van der Waals surface area contributed by atoms with E-state index in [-0.39, 0.29) is 12.1 Å². The summed E-state index contributed by atoms with van der Waals surface area (Å²) in [6, 6.07) is 13.9. The van der Waals surface area contributed by atoms with Crippen LogP contribution in [-0.4, -0.2) is 6.54 Å². The second kappa shape index (κ2) is 6.27. The van der Waals surface area contributed by atoms with Gasteiger partial charge in [-0.2, -0.15) is 0 Å². The smallest absolute Gasteiger partial charge is 0.128 e. The molecule has 21 heavy (non-hydrogen) atoms. The van der Waals surface area contributed by atoms with Crippen LogP contribution in [0.4, 0.5) is 0 Å². The quantitative estimate of drug-likeness (QED) is 0.842. The summed E-state index contributed by atoms with van der Waals surface area (Å²) in [4.78, 5) is 0. The largest absolute Gasteiger partial charge is 0.485 e. The third kappa shape index (κ3) is 2.89. The van der Waals surface area contributed by atoms with Gasteiger partial charge in [0.15, 0.2) is 0 Å². The van der Waals surface area contributed by atoms with Gasteiger partial charge in [-0.3, -0.25) is 0 Å². The first-order chi connectivity index (χ1) is 10.2. The van der Waals surface area contributed by atoms with Crippen molar-refractivity contribution in [2.45, 2.75) is 25.5 Å². The van der Waals surface area contributed by atoms with E-state index in [2.05, 4.69) is 18.3 Å². The Kier molecular flexibility index (Phi) is 4.39. The summed E-state index contributed by atoms with van der Waals surface area (Å²) in [7, 11) is 0. The topological polar surface area (TPSA) is 21.3 Å². The van der Waals surface area contributed by atoms with Crippen molar-refractivity contribution in [3.8, 4) is 5.75 Å². The van der Waals surface area contributed by atoms with E-state index in [4.69, 9.17) is 27.9 Å². The van der Waals surface area contributed by atoms with E-state index in [0.29, 0.717) is 10.0 Å². The summed E-state index contributed by atoms with van der Waals surface area (Å²) in [5.41, 5.74) is 2.07. The Morgan fingerprint density at radius 1 is 1.10 bits per heavy atom. The van der Waals surface area contributed by atoms with Crippen LogP contribution in [0.15, 0.2) is 42.5 Å². The van der Waals surface area contributed by atoms with Crippen molar-refractivity contribution in [2.75, 3.05) is 6.54 Å². The maximum atomic E-state index is 6.33. The van der Waals surface area contributed by atoms with E-state index in [9.17, 15) is 0 Å². The van der Waals surface area contributed by atoms with Crippen LogP contribution in [0.25, 0.3) is 0 Å². The highest BCUT2D eigenvalue weighted by Crippen LogP contribution is 2.44. The maximum Gasteiger partial charge on any atom is 0.128 e. The summed E-state index contributed by atoms with van der Waals surface area (Å²) in [5.74, 6) is 0.899. The lowest BCUT2D eigenvalue weighted by atomic mass is 9.93. The summed E-state index contributed by atoms with van der Waals surface area (Å²) >= 11 is 12.7. The molecule has 4 heteroatoms. The van der Waals surface area contributed by atoms with Gasteiger partial charge < -0.3 is 10.1 Å². The van der Waals surface area contributed by atoms with Crippen LogP contribution >= 0.6 is 23.2 Å². The molecule has 1 N–H and O–H groups in total. The van der Waals surface area contributed by atoms with Gasteiger partial charge in [0, 0.05) is 33.6 Å². The monoisotopic (exact) mass is 321 g/mol. The van der Waals surface area contributed by atoms with Gasteiger partial charge in [-0.1, -0.05) is 54.4 Å². The molecule has 1 heterocycles. The minimum atomic E-state index is -0.134. The SMILES string of the molecule is CCNC1CC(c2c(Cl)cccc2Cl)Oc2ccccc21. The molecule has 2 aromatic rings. The van der Waals surface area contributed by atoms with Gasteiger partial charge in [0.25, 0.3) is 0 Å². The van der Waals surface area contributed by atoms with Crippen LogP contribution in [0.5, 0.6) is 5.75 Å². The third-order valence-corrected chi connectivity index (χ3v) is 4.44. The Hall–Kier alpha value is -1.22. The number of benzene rings is 2. The molecule has 0 amide bonds. The van der Waals surface area contributed by atoms with Crippen LogP contribution in [0, 0.1) is 0 Å². The van der Waals surface area contributed by atoms with Crippen LogP contribution in [-0.2, 0) is 0 Å². The fraction of sp³-hybridized carbons (Fsp3) is 0.294. The standard InChI is InChI=1S/C17H17Cl2NO/c1-2-20-14-10-16(17-12(18)7-5-8-13(17)19)21-15-9-4-3-6-11(14)15/h3-9,14,16,20H,2,10H2,1H3. The van der Waals surface area contributed by atoms with E-state index < -0.39 is 0 Å². The van der Waals surface area contributed by atoms with E-state index in [1.54, 1.807) is 0 Å². The minimum absolute atomic E-state index is 0.134. The summed E-state index contributed by atoms with van der Waals surface area (Å²) in [6.45, 7) is 3.01. The average molecular weight is 322 g/mol. The molecule has 2 atom stereocenters. The molecule has 2 unspecified atom stereocenters. The number of hydrogen-bond acceptors (Lipinski definition) is 2. The van der Waals surface area contributed by atoms with Gasteiger partial charge in [-0.05, 0) is 24.7 Å². The van der Waals surface area contributed by atoms with Crippen LogP contribution < -0.4 is 10.1 Å². The normalized spacial score (nSPS) is 20.7. The first kappa shape index (κ1) is 14.7. The molecule has 0 radical (unpaired) electrons. The fourth-order valence-electron chi connectivity index (χ4n) is 2.85. The lowest BCUT2D eigenvalue weighted by Gasteiger charge is -2.33. The van der Waals surface area contributed by atoms with Crippen molar-refractivity contribution in [2.24, 2.45) is 0 Å². The van der Waals surface area contributed by atoms with Gasteiger partial charge in [0.2, 0.25) is 0 Å². The number of ether oxygens (including phenoxy) is 1. The first-order valence-electron chi connectivity index (χ1n) is 7.13. The molecule has 0 bridgehead atoms. The van der Waals surface area contributed by atoms with Crippen molar-refractivity contribution in [3.05, 3.63) is 63.6 Å². The number of nitrogens with one attached hydrogen (secondary N) is 1. The number of fused-ring (bicyclic) bond motifs is 1. The van der Waals surface area contributed by atoms with Gasteiger partial charge in [0.05, 0.1) is 0 Å². The summed E-state index contributed by atoms with van der Waals surface area (Å²) in [6.07, 6.45) is 0.680. The molecule has 0 aromatic heterocycles. The van der Waals surface area contributed by atoms with Crippen LogP contribution in [0.2, 0.25) is 10.0 Å². The molecular weight excluding hydrogens is 305 g/mol. The Bertz CT molecular complexity index is 624. The molecule has 0 fully saturated rings. The van der Waals surface area contributed by atoms with E-state index >= 15 is 0 Å². The minimum Gasteiger partial charge on any atom is -0.485 e. The highest BCUT2D eigenvalue weighted by atomic mass is 35.5. The van der Waals surface area contributed by atoms with Gasteiger partial charge in [0.1, 0.15) is 11.9 Å². The number of rotatable bonds is 3. The van der Waals surface area contributed by atoms with Gasteiger partial charge in [-0.15, -0.1) is 0 Å². The molecule has 2 nitrogen and oxygen atoms in total. The van der Waals surface area contributed by atoms with Crippen molar-refractivity contribution in [3.63, 3.8) is 0 Å². The molecule has 0 spiro atoms.